The number of rotatable bonds is 3. The van der Waals surface area contributed by atoms with Crippen LogP contribution in [0, 0.1) is 0 Å². The van der Waals surface area contributed by atoms with E-state index in [2.05, 4.69) is 28.1 Å². The van der Waals surface area contributed by atoms with Crippen molar-refractivity contribution in [2.24, 2.45) is 12.8 Å². The molecule has 0 radical (unpaired) electrons. The standard InChI is InChI=1S/C14H16BrN3O/c1-18-12(4-6-16)17-13(14(18)15)10-2-3-11-9(8-10)5-7-19-11/h2-3,8H,4-7,16H2,1H3. The van der Waals surface area contributed by atoms with E-state index in [1.54, 1.807) is 0 Å². The topological polar surface area (TPSA) is 53.1 Å². The van der Waals surface area contributed by atoms with Gasteiger partial charge in [0, 0.05) is 25.5 Å². The summed E-state index contributed by atoms with van der Waals surface area (Å²) in [6.45, 7) is 1.38. The molecule has 2 heterocycles. The number of nitrogens with zero attached hydrogens (tertiary/aromatic N) is 2. The Morgan fingerprint density at radius 2 is 2.32 bits per heavy atom. The van der Waals surface area contributed by atoms with Gasteiger partial charge in [0.25, 0.3) is 0 Å². The normalized spacial score (nSPS) is 13.4. The summed E-state index contributed by atoms with van der Waals surface area (Å²) in [6, 6.07) is 6.26. The third-order valence-electron chi connectivity index (χ3n) is 3.45. The number of ether oxygens (including phenoxy) is 1. The van der Waals surface area contributed by atoms with E-state index < -0.39 is 0 Å². The number of benzene rings is 1. The van der Waals surface area contributed by atoms with Crippen LogP contribution in [0.15, 0.2) is 22.8 Å². The van der Waals surface area contributed by atoms with Gasteiger partial charge in [-0.25, -0.2) is 4.98 Å². The molecule has 0 atom stereocenters. The van der Waals surface area contributed by atoms with E-state index in [0.29, 0.717) is 6.54 Å². The van der Waals surface area contributed by atoms with E-state index in [9.17, 15) is 0 Å². The van der Waals surface area contributed by atoms with Crippen LogP contribution in [-0.4, -0.2) is 22.7 Å². The van der Waals surface area contributed by atoms with E-state index in [1.807, 2.05) is 17.7 Å². The Kier molecular flexibility index (Phi) is 3.33. The van der Waals surface area contributed by atoms with Crippen LogP contribution in [0.3, 0.4) is 0 Å². The van der Waals surface area contributed by atoms with Gasteiger partial charge in [-0.1, -0.05) is 0 Å². The lowest BCUT2D eigenvalue weighted by Crippen LogP contribution is -2.07. The maximum Gasteiger partial charge on any atom is 0.122 e. The maximum atomic E-state index is 5.62. The Hall–Kier alpha value is -1.33. The molecule has 1 aromatic heterocycles. The zero-order chi connectivity index (χ0) is 13.4. The summed E-state index contributed by atoms with van der Waals surface area (Å²) in [6.07, 6.45) is 1.76. The molecule has 0 amide bonds. The lowest BCUT2D eigenvalue weighted by Gasteiger charge is -2.02. The van der Waals surface area contributed by atoms with Crippen LogP contribution in [0.5, 0.6) is 5.75 Å². The first kappa shape index (κ1) is 12.7. The van der Waals surface area contributed by atoms with Gasteiger partial charge in [-0.2, -0.15) is 0 Å². The largest absolute Gasteiger partial charge is 0.493 e. The van der Waals surface area contributed by atoms with Crippen LogP contribution in [0.2, 0.25) is 0 Å². The molecule has 0 bridgehead atoms. The molecule has 1 aliphatic rings. The summed E-state index contributed by atoms with van der Waals surface area (Å²) in [7, 11) is 2.00. The van der Waals surface area contributed by atoms with E-state index >= 15 is 0 Å². The van der Waals surface area contributed by atoms with Crippen molar-refractivity contribution >= 4 is 15.9 Å². The van der Waals surface area contributed by atoms with Gasteiger partial charge >= 0.3 is 0 Å². The number of nitrogens with two attached hydrogens (primary N) is 1. The van der Waals surface area contributed by atoms with E-state index in [4.69, 9.17) is 15.5 Å². The fourth-order valence-electron chi connectivity index (χ4n) is 2.39. The van der Waals surface area contributed by atoms with Gasteiger partial charge in [-0.15, -0.1) is 0 Å². The number of halogens is 1. The highest BCUT2D eigenvalue weighted by Crippen LogP contribution is 2.33. The van der Waals surface area contributed by atoms with Crippen molar-refractivity contribution in [3.05, 3.63) is 34.2 Å². The smallest absolute Gasteiger partial charge is 0.122 e. The van der Waals surface area contributed by atoms with Crippen LogP contribution in [0.4, 0.5) is 0 Å². The Morgan fingerprint density at radius 3 is 3.11 bits per heavy atom. The molecule has 0 saturated heterocycles. The Balaban J connectivity index is 2.04. The maximum absolute atomic E-state index is 5.62. The van der Waals surface area contributed by atoms with Crippen LogP contribution >= 0.6 is 15.9 Å². The van der Waals surface area contributed by atoms with Crippen molar-refractivity contribution < 1.29 is 4.74 Å². The molecule has 5 heteroatoms. The fraction of sp³-hybridized carbons (Fsp3) is 0.357. The molecule has 0 spiro atoms. The molecule has 3 rings (SSSR count). The summed E-state index contributed by atoms with van der Waals surface area (Å²) in [4.78, 5) is 4.69. The summed E-state index contributed by atoms with van der Waals surface area (Å²) in [5.74, 6) is 2.00. The molecule has 0 fully saturated rings. The predicted molar refractivity (Wildman–Crippen MR) is 78.3 cm³/mol. The van der Waals surface area contributed by atoms with Crippen molar-refractivity contribution in [2.75, 3.05) is 13.2 Å². The molecule has 19 heavy (non-hydrogen) atoms. The number of hydrogen-bond acceptors (Lipinski definition) is 3. The predicted octanol–water partition coefficient (Wildman–Crippen LogP) is 2.29. The van der Waals surface area contributed by atoms with Gasteiger partial charge in [0.1, 0.15) is 21.9 Å². The summed E-state index contributed by atoms with van der Waals surface area (Å²) in [5.41, 5.74) is 8.97. The minimum Gasteiger partial charge on any atom is -0.493 e. The first-order chi connectivity index (χ1) is 9.20. The third kappa shape index (κ3) is 2.17. The fourth-order valence-corrected chi connectivity index (χ4v) is 2.91. The Labute approximate surface area is 120 Å². The van der Waals surface area contributed by atoms with Gasteiger partial charge in [0.15, 0.2) is 0 Å². The van der Waals surface area contributed by atoms with Crippen LogP contribution in [-0.2, 0) is 19.9 Å². The van der Waals surface area contributed by atoms with E-state index in [1.165, 1.54) is 5.56 Å². The Bertz CT molecular complexity index is 621. The highest BCUT2D eigenvalue weighted by atomic mass is 79.9. The van der Waals surface area contributed by atoms with Crippen molar-refractivity contribution in [2.45, 2.75) is 12.8 Å². The van der Waals surface area contributed by atoms with Crippen LogP contribution in [0.1, 0.15) is 11.4 Å². The lowest BCUT2D eigenvalue weighted by atomic mass is 10.1. The van der Waals surface area contributed by atoms with Crippen molar-refractivity contribution in [3.8, 4) is 17.0 Å². The van der Waals surface area contributed by atoms with Gasteiger partial charge in [-0.05, 0) is 46.2 Å². The monoisotopic (exact) mass is 321 g/mol. The average molecular weight is 322 g/mol. The molecule has 100 valence electrons. The molecule has 2 N–H and O–H groups in total. The summed E-state index contributed by atoms with van der Waals surface area (Å²) in [5, 5.41) is 0. The molecule has 0 saturated carbocycles. The van der Waals surface area contributed by atoms with Crippen LogP contribution < -0.4 is 10.5 Å². The molecule has 1 aromatic carbocycles. The summed E-state index contributed by atoms with van der Waals surface area (Å²) >= 11 is 3.62. The minimum absolute atomic E-state index is 0.606. The van der Waals surface area contributed by atoms with Crippen molar-refractivity contribution in [3.63, 3.8) is 0 Å². The number of imidazole rings is 1. The zero-order valence-corrected chi connectivity index (χ0v) is 12.4. The average Bonchev–Trinajstić information content (AvgIpc) is 2.98. The molecular formula is C14H16BrN3O. The second-order valence-electron chi connectivity index (χ2n) is 4.69. The highest BCUT2D eigenvalue weighted by molar-refractivity contribution is 9.10. The van der Waals surface area contributed by atoms with Gasteiger partial charge < -0.3 is 15.0 Å². The molecule has 0 unspecified atom stereocenters. The lowest BCUT2D eigenvalue weighted by molar-refractivity contribution is 0.357. The number of hydrogen-bond donors (Lipinski definition) is 1. The van der Waals surface area contributed by atoms with Gasteiger partial charge in [0.05, 0.1) is 6.61 Å². The second-order valence-corrected chi connectivity index (χ2v) is 5.44. The SMILES string of the molecule is Cn1c(CCN)nc(-c2ccc3c(c2)CCO3)c1Br. The number of fused-ring (bicyclic) bond motifs is 1. The molecule has 4 nitrogen and oxygen atoms in total. The highest BCUT2D eigenvalue weighted by Gasteiger charge is 2.17. The first-order valence-corrected chi connectivity index (χ1v) is 7.17. The molecular weight excluding hydrogens is 306 g/mol. The van der Waals surface area contributed by atoms with Gasteiger partial charge in [-0.3, -0.25) is 0 Å². The molecule has 1 aliphatic heterocycles. The zero-order valence-electron chi connectivity index (χ0n) is 10.8. The first-order valence-electron chi connectivity index (χ1n) is 6.38. The van der Waals surface area contributed by atoms with Gasteiger partial charge in [0.2, 0.25) is 0 Å². The van der Waals surface area contributed by atoms with Crippen molar-refractivity contribution in [1.29, 1.82) is 0 Å². The minimum atomic E-state index is 0.606. The van der Waals surface area contributed by atoms with Crippen molar-refractivity contribution in [1.82, 2.24) is 9.55 Å². The van der Waals surface area contributed by atoms with Crippen LogP contribution in [0.25, 0.3) is 11.3 Å². The Morgan fingerprint density at radius 1 is 1.47 bits per heavy atom. The summed E-state index contributed by atoms with van der Waals surface area (Å²) < 4.78 is 8.58. The molecule has 0 aliphatic carbocycles. The van der Waals surface area contributed by atoms with E-state index in [-0.39, 0.29) is 0 Å². The number of aromatic nitrogens is 2. The second kappa shape index (κ2) is 4.98. The van der Waals surface area contributed by atoms with E-state index in [0.717, 1.165) is 46.9 Å². The third-order valence-corrected chi connectivity index (χ3v) is 4.36. The molecule has 2 aromatic rings. The quantitative estimate of drug-likeness (QED) is 0.943.